The van der Waals surface area contributed by atoms with Gasteiger partial charge in [-0.1, -0.05) is 109 Å². The van der Waals surface area contributed by atoms with E-state index in [1.165, 1.54) is 86.3 Å². The molecule has 0 N–H and O–H groups in total. The molecule has 3 heteroatoms. The van der Waals surface area contributed by atoms with Gasteiger partial charge in [-0.05, 0) is 54.1 Å². The maximum Gasteiger partial charge on any atom is 0.0634 e. The Bertz CT molecular complexity index is 2720. The van der Waals surface area contributed by atoms with Gasteiger partial charge in [0.1, 0.15) is 0 Å². The molecule has 0 atom stereocenters. The van der Waals surface area contributed by atoms with E-state index in [0.717, 1.165) is 0 Å². The van der Waals surface area contributed by atoms with Crippen molar-refractivity contribution in [2.45, 2.75) is 0 Å². The molecule has 0 aliphatic heterocycles. The number of para-hydroxylation sites is 4. The summed E-state index contributed by atoms with van der Waals surface area (Å²) in [7, 11) is 0. The van der Waals surface area contributed by atoms with Crippen molar-refractivity contribution in [3.63, 3.8) is 0 Å². The molecule has 2 nitrogen and oxygen atoms in total. The largest absolute Gasteiger partial charge is 0.309 e. The summed E-state index contributed by atoms with van der Waals surface area (Å²) in [6.45, 7) is 0. The molecule has 10 aromatic rings. The van der Waals surface area contributed by atoms with Crippen molar-refractivity contribution in [1.82, 2.24) is 9.13 Å². The van der Waals surface area contributed by atoms with Crippen LogP contribution in [0.3, 0.4) is 0 Å². The van der Waals surface area contributed by atoms with Gasteiger partial charge in [0.05, 0.1) is 27.8 Å². The van der Waals surface area contributed by atoms with Crippen molar-refractivity contribution in [2.24, 2.45) is 0 Å². The van der Waals surface area contributed by atoms with E-state index >= 15 is 0 Å². The van der Waals surface area contributed by atoms with Crippen LogP contribution >= 0.6 is 11.3 Å². The molecule has 0 spiro atoms. The molecule has 0 radical (unpaired) electrons. The third-order valence-electron chi connectivity index (χ3n) is 9.32. The SMILES string of the molecule is c1cc(-c2ccccc2-n2c3ccccc3c3ccccc32)cc(-n2c3ccccc3c3ccc4sc5ccccc5c4c32)c1. The molecule has 210 valence electrons. The van der Waals surface area contributed by atoms with E-state index in [1.807, 2.05) is 11.3 Å². The van der Waals surface area contributed by atoms with Crippen LogP contribution in [-0.4, -0.2) is 9.13 Å². The van der Waals surface area contributed by atoms with Gasteiger partial charge in [0.25, 0.3) is 0 Å². The van der Waals surface area contributed by atoms with E-state index < -0.39 is 0 Å². The molecule has 0 bridgehead atoms. The fraction of sp³-hybridized carbons (Fsp3) is 0. The first-order valence-electron chi connectivity index (χ1n) is 15.4. The summed E-state index contributed by atoms with van der Waals surface area (Å²) in [5.74, 6) is 0. The van der Waals surface area contributed by atoms with Crippen molar-refractivity contribution in [3.8, 4) is 22.5 Å². The van der Waals surface area contributed by atoms with E-state index in [1.54, 1.807) is 0 Å². The monoisotopic (exact) mass is 590 g/mol. The summed E-state index contributed by atoms with van der Waals surface area (Å²) >= 11 is 1.88. The van der Waals surface area contributed by atoms with Crippen LogP contribution in [0.1, 0.15) is 0 Å². The maximum atomic E-state index is 2.48. The van der Waals surface area contributed by atoms with Gasteiger partial charge in [-0.3, -0.25) is 0 Å². The second-order valence-electron chi connectivity index (χ2n) is 11.7. The minimum absolute atomic E-state index is 1.17. The van der Waals surface area contributed by atoms with Crippen LogP contribution in [-0.2, 0) is 0 Å². The van der Waals surface area contributed by atoms with Gasteiger partial charge in [-0.2, -0.15) is 0 Å². The highest BCUT2D eigenvalue weighted by Gasteiger charge is 2.19. The number of hydrogen-bond donors (Lipinski definition) is 0. The number of hydrogen-bond acceptors (Lipinski definition) is 1. The normalized spacial score (nSPS) is 12.0. The van der Waals surface area contributed by atoms with Crippen molar-refractivity contribution in [3.05, 3.63) is 158 Å². The minimum Gasteiger partial charge on any atom is -0.309 e. The van der Waals surface area contributed by atoms with Gasteiger partial charge in [0.2, 0.25) is 0 Å². The standard InChI is InChI=1S/C42H26N2S/c1-6-19-35(44-37-21-8-2-15-30(37)31-16-3-9-22-38(31)44)29(14-1)27-12-11-13-28(26-27)43-36-20-7-4-17-32(36)33-24-25-40-41(42(33)43)34-18-5-10-23-39(34)45-40/h1-26H. The number of benzene rings is 7. The average Bonchev–Trinajstić information content (AvgIpc) is 3.76. The molecule has 0 saturated heterocycles. The quantitative estimate of drug-likeness (QED) is 0.194. The van der Waals surface area contributed by atoms with E-state index in [4.69, 9.17) is 0 Å². The highest BCUT2D eigenvalue weighted by atomic mass is 32.1. The van der Waals surface area contributed by atoms with Gasteiger partial charge < -0.3 is 9.13 Å². The number of aromatic nitrogens is 2. The molecule has 0 saturated carbocycles. The molecule has 3 heterocycles. The molecule has 0 aliphatic rings. The molecule has 45 heavy (non-hydrogen) atoms. The zero-order valence-corrected chi connectivity index (χ0v) is 25.1. The Morgan fingerprint density at radius 3 is 1.76 bits per heavy atom. The summed E-state index contributed by atoms with van der Waals surface area (Å²) < 4.78 is 7.55. The van der Waals surface area contributed by atoms with Crippen molar-refractivity contribution in [2.75, 3.05) is 0 Å². The fourth-order valence-corrected chi connectivity index (χ4v) is 8.55. The van der Waals surface area contributed by atoms with Crippen LogP contribution in [0.15, 0.2) is 158 Å². The highest BCUT2D eigenvalue weighted by molar-refractivity contribution is 7.26. The van der Waals surface area contributed by atoms with E-state index in [-0.39, 0.29) is 0 Å². The topological polar surface area (TPSA) is 9.86 Å². The van der Waals surface area contributed by atoms with Crippen LogP contribution < -0.4 is 0 Å². The Labute approximate surface area is 263 Å². The number of rotatable bonds is 3. The lowest BCUT2D eigenvalue weighted by Gasteiger charge is -2.16. The van der Waals surface area contributed by atoms with Crippen molar-refractivity contribution < 1.29 is 0 Å². The lowest BCUT2D eigenvalue weighted by Crippen LogP contribution is -1.98. The van der Waals surface area contributed by atoms with Gasteiger partial charge in [0.15, 0.2) is 0 Å². The van der Waals surface area contributed by atoms with Crippen molar-refractivity contribution >= 4 is 75.1 Å². The predicted octanol–water partition coefficient (Wildman–Crippen LogP) is 11.9. The smallest absolute Gasteiger partial charge is 0.0634 e. The highest BCUT2D eigenvalue weighted by Crippen LogP contribution is 2.43. The van der Waals surface area contributed by atoms with E-state index in [2.05, 4.69) is 167 Å². The second-order valence-corrected chi connectivity index (χ2v) is 12.8. The zero-order chi connectivity index (χ0) is 29.5. The van der Waals surface area contributed by atoms with Gasteiger partial charge in [-0.15, -0.1) is 11.3 Å². The van der Waals surface area contributed by atoms with Crippen LogP contribution in [0.25, 0.3) is 86.3 Å². The summed E-state index contributed by atoms with van der Waals surface area (Å²) in [5.41, 5.74) is 9.69. The lowest BCUT2D eigenvalue weighted by molar-refractivity contribution is 1.17. The second kappa shape index (κ2) is 9.43. The fourth-order valence-electron chi connectivity index (χ4n) is 7.44. The first-order chi connectivity index (χ1) is 22.3. The van der Waals surface area contributed by atoms with Gasteiger partial charge >= 0.3 is 0 Å². The Hall–Kier alpha value is -5.64. The van der Waals surface area contributed by atoms with Gasteiger partial charge in [0, 0.05) is 53.0 Å². The molecule has 0 fully saturated rings. The van der Waals surface area contributed by atoms with Crippen molar-refractivity contribution in [1.29, 1.82) is 0 Å². The molecule has 3 aromatic heterocycles. The number of thiophene rings is 1. The first-order valence-corrected chi connectivity index (χ1v) is 16.2. The summed E-state index contributed by atoms with van der Waals surface area (Å²) in [5, 5.41) is 7.77. The third kappa shape index (κ3) is 3.50. The van der Waals surface area contributed by atoms with Crippen LogP contribution in [0, 0.1) is 0 Å². The Kier molecular flexibility index (Phi) is 5.19. The molecular weight excluding hydrogens is 565 g/mol. The molecule has 0 aliphatic carbocycles. The minimum atomic E-state index is 1.17. The van der Waals surface area contributed by atoms with E-state index in [0.29, 0.717) is 0 Å². The number of fused-ring (bicyclic) bond motifs is 10. The molecule has 10 rings (SSSR count). The summed E-state index contributed by atoms with van der Waals surface area (Å²) in [6.07, 6.45) is 0. The first kappa shape index (κ1) is 24.8. The van der Waals surface area contributed by atoms with Crippen LogP contribution in [0.2, 0.25) is 0 Å². The van der Waals surface area contributed by atoms with Crippen LogP contribution in [0.5, 0.6) is 0 Å². The van der Waals surface area contributed by atoms with Gasteiger partial charge in [-0.25, -0.2) is 0 Å². The predicted molar refractivity (Wildman–Crippen MR) is 193 cm³/mol. The molecular formula is C42H26N2S. The number of nitrogens with zero attached hydrogens (tertiary/aromatic N) is 2. The van der Waals surface area contributed by atoms with Crippen LogP contribution in [0.4, 0.5) is 0 Å². The Balaban J connectivity index is 1.27. The summed E-state index contributed by atoms with van der Waals surface area (Å²) in [4.78, 5) is 0. The van der Waals surface area contributed by atoms with E-state index in [9.17, 15) is 0 Å². The lowest BCUT2D eigenvalue weighted by atomic mass is 10.0. The summed E-state index contributed by atoms with van der Waals surface area (Å²) in [6, 6.07) is 57.6. The molecule has 7 aromatic carbocycles. The zero-order valence-electron chi connectivity index (χ0n) is 24.3. The maximum absolute atomic E-state index is 2.48. The Morgan fingerprint density at radius 2 is 1.00 bits per heavy atom. The molecule has 0 amide bonds. The third-order valence-corrected chi connectivity index (χ3v) is 10.5. The Morgan fingerprint density at radius 1 is 0.400 bits per heavy atom. The molecule has 0 unspecified atom stereocenters. The average molecular weight is 591 g/mol.